The van der Waals surface area contributed by atoms with Crippen molar-refractivity contribution in [2.24, 2.45) is 0 Å². The first-order chi connectivity index (χ1) is 13.3. The van der Waals surface area contributed by atoms with Crippen LogP contribution in [0.3, 0.4) is 0 Å². The maximum absolute atomic E-state index is 12.6. The normalized spacial score (nSPS) is 13.8. The van der Waals surface area contributed by atoms with Crippen molar-refractivity contribution >= 4 is 17.8 Å². The predicted octanol–water partition coefficient (Wildman–Crippen LogP) is 3.31. The molecule has 0 aromatic heterocycles. The molecule has 0 aliphatic heterocycles. The fraction of sp³-hybridized carbons (Fsp3) is 0.318. The minimum atomic E-state index is -0.971. The third-order valence-electron chi connectivity index (χ3n) is 4.70. The van der Waals surface area contributed by atoms with E-state index in [0.29, 0.717) is 12.0 Å². The molecule has 148 valence electrons. The highest BCUT2D eigenvalue weighted by Crippen LogP contribution is 2.20. The third-order valence-corrected chi connectivity index (χ3v) is 4.70. The lowest BCUT2D eigenvalue weighted by Crippen LogP contribution is -2.48. The molecule has 0 spiro atoms. The summed E-state index contributed by atoms with van der Waals surface area (Å²) in [6.07, 6.45) is 0.330. The van der Waals surface area contributed by atoms with E-state index in [9.17, 15) is 14.4 Å². The van der Waals surface area contributed by atoms with Crippen molar-refractivity contribution in [3.05, 3.63) is 71.8 Å². The monoisotopic (exact) mass is 382 g/mol. The second kappa shape index (κ2) is 9.69. The number of hydrogen-bond acceptors (Lipinski definition) is 3. The van der Waals surface area contributed by atoms with Crippen molar-refractivity contribution in [3.8, 4) is 0 Å². The molecule has 2 rings (SSSR count). The number of aliphatic carboxylic acids is 1. The first-order valence-electron chi connectivity index (χ1n) is 9.26. The molecule has 6 heteroatoms. The molecule has 3 N–H and O–H groups in total. The van der Waals surface area contributed by atoms with E-state index in [0.717, 1.165) is 5.56 Å². The highest BCUT2D eigenvalue weighted by atomic mass is 16.4. The van der Waals surface area contributed by atoms with Crippen molar-refractivity contribution < 1.29 is 19.5 Å². The fourth-order valence-corrected chi connectivity index (χ4v) is 2.93. The number of rotatable bonds is 9. The Labute approximate surface area is 165 Å². The topological polar surface area (TPSA) is 95.5 Å². The largest absolute Gasteiger partial charge is 0.481 e. The van der Waals surface area contributed by atoms with E-state index in [1.807, 2.05) is 43.3 Å². The van der Waals surface area contributed by atoms with Gasteiger partial charge in [0.15, 0.2) is 0 Å². The summed E-state index contributed by atoms with van der Waals surface area (Å²) in [4.78, 5) is 36.3. The molecule has 2 aromatic carbocycles. The van der Waals surface area contributed by atoms with Crippen molar-refractivity contribution in [3.63, 3.8) is 0 Å². The standard InChI is InChI=1S/C22H26N2O4/c1-3-22(2,15-20(26)27)24-19(25)14-18(16-10-6-4-7-11-16)23-21(28)17-12-8-5-9-13-17/h4-13,18H,3,14-15H2,1-2H3,(H,23,28)(H,24,25)(H,26,27). The van der Waals surface area contributed by atoms with Crippen LogP contribution < -0.4 is 10.6 Å². The molecule has 0 bridgehead atoms. The lowest BCUT2D eigenvalue weighted by Gasteiger charge is -2.29. The van der Waals surface area contributed by atoms with Gasteiger partial charge in [-0.25, -0.2) is 0 Å². The van der Waals surface area contributed by atoms with Gasteiger partial charge < -0.3 is 15.7 Å². The Morgan fingerprint density at radius 1 is 1.00 bits per heavy atom. The molecule has 0 aliphatic carbocycles. The maximum atomic E-state index is 12.6. The van der Waals surface area contributed by atoms with Crippen LogP contribution in [-0.4, -0.2) is 28.4 Å². The smallest absolute Gasteiger partial charge is 0.305 e. The SMILES string of the molecule is CCC(C)(CC(=O)O)NC(=O)CC(NC(=O)c1ccccc1)c1ccccc1. The number of hydrogen-bond donors (Lipinski definition) is 3. The number of carbonyl (C=O) groups is 3. The van der Waals surface area contributed by atoms with Crippen LogP contribution in [0.2, 0.25) is 0 Å². The Bertz CT molecular complexity index is 808. The summed E-state index contributed by atoms with van der Waals surface area (Å²) in [5, 5.41) is 14.8. The molecule has 0 heterocycles. The van der Waals surface area contributed by atoms with Gasteiger partial charge in [0.05, 0.1) is 18.9 Å². The summed E-state index contributed by atoms with van der Waals surface area (Å²) >= 11 is 0. The Morgan fingerprint density at radius 3 is 2.11 bits per heavy atom. The number of carboxylic acid groups (broad SMARTS) is 1. The molecule has 2 aromatic rings. The molecule has 6 nitrogen and oxygen atoms in total. The van der Waals surface area contributed by atoms with Gasteiger partial charge in [0.2, 0.25) is 5.91 Å². The number of carboxylic acids is 1. The second-order valence-corrected chi connectivity index (χ2v) is 7.04. The average Bonchev–Trinajstić information content (AvgIpc) is 2.68. The Morgan fingerprint density at radius 2 is 1.57 bits per heavy atom. The van der Waals surface area contributed by atoms with Gasteiger partial charge in [-0.1, -0.05) is 55.5 Å². The van der Waals surface area contributed by atoms with Gasteiger partial charge in [-0.2, -0.15) is 0 Å². The summed E-state index contributed by atoms with van der Waals surface area (Å²) < 4.78 is 0. The van der Waals surface area contributed by atoms with Gasteiger partial charge in [-0.15, -0.1) is 0 Å². The highest BCUT2D eigenvalue weighted by Gasteiger charge is 2.29. The van der Waals surface area contributed by atoms with E-state index in [2.05, 4.69) is 10.6 Å². The van der Waals surface area contributed by atoms with Gasteiger partial charge in [0.25, 0.3) is 5.91 Å². The molecular weight excluding hydrogens is 356 g/mol. The van der Waals surface area contributed by atoms with Gasteiger partial charge >= 0.3 is 5.97 Å². The van der Waals surface area contributed by atoms with Gasteiger partial charge in [-0.05, 0) is 31.0 Å². The lowest BCUT2D eigenvalue weighted by atomic mass is 9.93. The molecule has 0 aliphatic rings. The van der Waals surface area contributed by atoms with Crippen molar-refractivity contribution in [1.82, 2.24) is 10.6 Å². The van der Waals surface area contributed by atoms with Crippen LogP contribution >= 0.6 is 0 Å². The van der Waals surface area contributed by atoms with Crippen molar-refractivity contribution in [2.75, 3.05) is 0 Å². The minimum Gasteiger partial charge on any atom is -0.481 e. The highest BCUT2D eigenvalue weighted by molar-refractivity contribution is 5.94. The van der Waals surface area contributed by atoms with Crippen molar-refractivity contribution in [2.45, 2.75) is 44.7 Å². The fourth-order valence-electron chi connectivity index (χ4n) is 2.93. The van der Waals surface area contributed by atoms with Gasteiger partial charge in [0.1, 0.15) is 0 Å². The Balaban J connectivity index is 2.15. The minimum absolute atomic E-state index is 0.0117. The van der Waals surface area contributed by atoms with Crippen LogP contribution in [0.15, 0.2) is 60.7 Å². The first-order valence-corrected chi connectivity index (χ1v) is 9.26. The molecule has 2 unspecified atom stereocenters. The molecule has 28 heavy (non-hydrogen) atoms. The van der Waals surface area contributed by atoms with Crippen molar-refractivity contribution in [1.29, 1.82) is 0 Å². The summed E-state index contributed by atoms with van der Waals surface area (Å²) in [6, 6.07) is 17.5. The molecular formula is C22H26N2O4. The number of carbonyl (C=O) groups excluding carboxylic acids is 2. The van der Waals surface area contributed by atoms with Crippen LogP contribution in [0.4, 0.5) is 0 Å². The molecule has 0 saturated carbocycles. The average molecular weight is 382 g/mol. The van der Waals surface area contributed by atoms with Crippen LogP contribution in [-0.2, 0) is 9.59 Å². The van der Waals surface area contributed by atoms with E-state index in [4.69, 9.17) is 5.11 Å². The molecule has 0 radical (unpaired) electrons. The molecule has 2 atom stereocenters. The van der Waals surface area contributed by atoms with E-state index in [1.54, 1.807) is 31.2 Å². The first kappa shape index (κ1) is 21.2. The van der Waals surface area contributed by atoms with E-state index < -0.39 is 17.6 Å². The number of benzene rings is 2. The summed E-state index contributed by atoms with van der Waals surface area (Å²) in [5.74, 6) is -1.56. The van der Waals surface area contributed by atoms with Crippen LogP contribution in [0, 0.1) is 0 Å². The maximum Gasteiger partial charge on any atom is 0.305 e. The molecule has 0 fully saturated rings. The number of amides is 2. The van der Waals surface area contributed by atoms with E-state index >= 15 is 0 Å². The summed E-state index contributed by atoms with van der Waals surface area (Å²) in [7, 11) is 0. The quantitative estimate of drug-likeness (QED) is 0.620. The Kier molecular flexibility index (Phi) is 7.32. The zero-order valence-electron chi connectivity index (χ0n) is 16.1. The second-order valence-electron chi connectivity index (χ2n) is 7.04. The molecule has 0 saturated heterocycles. The summed E-state index contributed by atoms with van der Waals surface area (Å²) in [5.41, 5.74) is 0.472. The lowest BCUT2D eigenvalue weighted by molar-refractivity contribution is -0.139. The summed E-state index contributed by atoms with van der Waals surface area (Å²) in [6.45, 7) is 3.54. The third kappa shape index (κ3) is 6.23. The zero-order valence-corrected chi connectivity index (χ0v) is 16.1. The number of nitrogens with one attached hydrogen (secondary N) is 2. The van der Waals surface area contributed by atoms with E-state index in [1.165, 1.54) is 0 Å². The van der Waals surface area contributed by atoms with E-state index in [-0.39, 0.29) is 24.7 Å². The predicted molar refractivity (Wildman–Crippen MR) is 107 cm³/mol. The van der Waals surface area contributed by atoms with Crippen LogP contribution in [0.1, 0.15) is 55.1 Å². The Hall–Kier alpha value is -3.15. The molecule has 2 amide bonds. The van der Waals surface area contributed by atoms with Gasteiger partial charge in [0, 0.05) is 11.1 Å². The van der Waals surface area contributed by atoms with Crippen LogP contribution in [0.25, 0.3) is 0 Å². The zero-order chi connectivity index (χ0) is 20.6. The van der Waals surface area contributed by atoms with Crippen LogP contribution in [0.5, 0.6) is 0 Å². The van der Waals surface area contributed by atoms with Gasteiger partial charge in [-0.3, -0.25) is 14.4 Å².